The van der Waals surface area contributed by atoms with Crippen molar-refractivity contribution in [2.24, 2.45) is 0 Å². The molecule has 1 aromatic carbocycles. The first kappa shape index (κ1) is 17.3. The monoisotopic (exact) mass is 418 g/mol. The highest BCUT2D eigenvalue weighted by Gasteiger charge is 2.35. The van der Waals surface area contributed by atoms with Crippen molar-refractivity contribution in [2.45, 2.75) is 5.92 Å². The molecule has 1 unspecified atom stereocenters. The van der Waals surface area contributed by atoms with Gasteiger partial charge in [-0.25, -0.2) is 19.7 Å². The zero-order valence-corrected chi connectivity index (χ0v) is 15.7. The van der Waals surface area contributed by atoms with Crippen molar-refractivity contribution in [3.05, 3.63) is 62.1 Å². The number of nitrogen functional groups attached to an aromatic ring is 2. The number of nitrogens with zero attached hydrogens (tertiary/aromatic N) is 3. The third kappa shape index (κ3) is 2.38. The summed E-state index contributed by atoms with van der Waals surface area (Å²) in [7, 11) is 0. The highest BCUT2D eigenvalue weighted by atomic mass is 16.7. The molecular weight excluding hydrogens is 404 g/mol. The van der Waals surface area contributed by atoms with Gasteiger partial charge in [0.25, 0.3) is 5.56 Å². The van der Waals surface area contributed by atoms with E-state index >= 15 is 0 Å². The lowest BCUT2D eigenvalue weighted by atomic mass is 9.82. The lowest BCUT2D eigenvalue weighted by Crippen LogP contribution is -2.32. The van der Waals surface area contributed by atoms with Crippen LogP contribution >= 0.6 is 0 Å². The molecule has 154 valence electrons. The molecule has 0 saturated carbocycles. The van der Waals surface area contributed by atoms with Gasteiger partial charge in [-0.1, -0.05) is 6.07 Å². The van der Waals surface area contributed by atoms with Gasteiger partial charge >= 0.3 is 5.69 Å². The fourth-order valence-corrected chi connectivity index (χ4v) is 4.11. The molecule has 7 N–H and O–H groups in total. The van der Waals surface area contributed by atoms with Crippen LogP contribution in [0.1, 0.15) is 22.6 Å². The van der Waals surface area contributed by atoms with Gasteiger partial charge < -0.3 is 26.3 Å². The fraction of sp³-hybridized carbons (Fsp3) is 0.105. The van der Waals surface area contributed by atoms with Crippen molar-refractivity contribution in [1.29, 1.82) is 0 Å². The van der Waals surface area contributed by atoms with E-state index in [-0.39, 0.29) is 35.3 Å². The summed E-state index contributed by atoms with van der Waals surface area (Å²) in [5.74, 6) is 1.18. The largest absolute Gasteiger partial charge is 0.454 e. The van der Waals surface area contributed by atoms with Gasteiger partial charge in [0.15, 0.2) is 17.1 Å². The van der Waals surface area contributed by atoms with Crippen LogP contribution < -0.4 is 37.5 Å². The predicted molar refractivity (Wildman–Crippen MR) is 111 cm³/mol. The Kier molecular flexibility index (Phi) is 3.31. The van der Waals surface area contributed by atoms with E-state index < -0.39 is 17.2 Å². The van der Waals surface area contributed by atoms with Gasteiger partial charge in [-0.05, 0) is 17.7 Å². The summed E-state index contributed by atoms with van der Waals surface area (Å²) in [5.41, 5.74) is 13.4. The summed E-state index contributed by atoms with van der Waals surface area (Å²) < 4.78 is 10.9. The maximum atomic E-state index is 12.9. The molecule has 4 aromatic rings. The molecule has 2 aliphatic rings. The molecule has 0 saturated heterocycles. The number of hydrogen-bond acceptors (Lipinski definition) is 10. The first-order valence-corrected chi connectivity index (χ1v) is 9.24. The van der Waals surface area contributed by atoms with Crippen LogP contribution in [0.2, 0.25) is 0 Å². The molecule has 1 atom stereocenters. The Morgan fingerprint density at radius 1 is 1.03 bits per heavy atom. The molecule has 6 rings (SSSR count). The number of H-pyrrole nitrogens is 2. The number of nitrogens with one attached hydrogen (secondary N) is 3. The van der Waals surface area contributed by atoms with Crippen molar-refractivity contribution >= 4 is 34.2 Å². The SMILES string of the molecule is Nc1ncnc2nc3c(c(N)c12)C(c1ccc2c(c1)OCO2)c1c([nH]c(=O)[nH]c1=O)N3. The van der Waals surface area contributed by atoms with E-state index in [1.807, 2.05) is 0 Å². The first-order chi connectivity index (χ1) is 15.0. The molecular formula is C19H14N8O4. The highest BCUT2D eigenvalue weighted by molar-refractivity contribution is 6.00. The van der Waals surface area contributed by atoms with E-state index in [4.69, 9.17) is 20.9 Å². The van der Waals surface area contributed by atoms with Gasteiger partial charge in [-0.3, -0.25) is 14.8 Å². The molecule has 0 fully saturated rings. The number of benzene rings is 1. The second kappa shape index (κ2) is 5.95. The molecule has 5 heterocycles. The molecule has 0 radical (unpaired) electrons. The lowest BCUT2D eigenvalue weighted by Gasteiger charge is -2.29. The molecule has 3 aromatic heterocycles. The van der Waals surface area contributed by atoms with Gasteiger partial charge in [-0.2, -0.15) is 0 Å². The standard InChI is InChI=1S/C19H14N8O4/c20-13-10-9(6-1-2-7-8(3-6)31-5-30-7)11-17(26-19(29)27-18(11)28)25-16(10)24-15-12(13)14(21)22-4-23-15/h1-4,9H,5H2,(H7,20,21,22,23,24,25,26,27,28,29). The third-order valence-corrected chi connectivity index (χ3v) is 5.42. The summed E-state index contributed by atoms with van der Waals surface area (Å²) in [5, 5.41) is 3.39. The van der Waals surface area contributed by atoms with Gasteiger partial charge in [0.2, 0.25) is 6.79 Å². The Labute approximate surface area is 172 Å². The van der Waals surface area contributed by atoms with Crippen LogP contribution in [0, 0.1) is 0 Å². The highest BCUT2D eigenvalue weighted by Crippen LogP contribution is 2.48. The molecule has 0 bridgehead atoms. The Morgan fingerprint density at radius 3 is 2.74 bits per heavy atom. The average Bonchev–Trinajstić information content (AvgIpc) is 3.20. The smallest absolute Gasteiger partial charge is 0.327 e. The predicted octanol–water partition coefficient (Wildman–Crippen LogP) is 0.532. The second-order valence-electron chi connectivity index (χ2n) is 7.11. The molecule has 2 aliphatic heterocycles. The Balaban J connectivity index is 1.71. The van der Waals surface area contributed by atoms with E-state index in [1.165, 1.54) is 6.33 Å². The molecule has 0 spiro atoms. The zero-order valence-electron chi connectivity index (χ0n) is 15.7. The van der Waals surface area contributed by atoms with Crippen LogP contribution in [0.3, 0.4) is 0 Å². The minimum absolute atomic E-state index is 0.105. The number of anilines is 4. The summed E-state index contributed by atoms with van der Waals surface area (Å²) in [6.07, 6.45) is 1.29. The second-order valence-corrected chi connectivity index (χ2v) is 7.11. The number of nitrogens with two attached hydrogens (primary N) is 2. The van der Waals surface area contributed by atoms with E-state index in [0.717, 1.165) is 0 Å². The van der Waals surface area contributed by atoms with Gasteiger partial charge in [0.05, 0.1) is 16.6 Å². The third-order valence-electron chi connectivity index (χ3n) is 5.42. The summed E-state index contributed by atoms with van der Waals surface area (Å²) in [6, 6.07) is 5.32. The van der Waals surface area contributed by atoms with Crippen LogP contribution in [-0.2, 0) is 0 Å². The molecule has 31 heavy (non-hydrogen) atoms. The molecule has 0 amide bonds. The lowest BCUT2D eigenvalue weighted by molar-refractivity contribution is 0.174. The van der Waals surface area contributed by atoms with Gasteiger partial charge in [-0.15, -0.1) is 0 Å². The molecule has 12 nitrogen and oxygen atoms in total. The van der Waals surface area contributed by atoms with E-state index in [2.05, 4.69) is 30.2 Å². The molecule has 0 aliphatic carbocycles. The average molecular weight is 418 g/mol. The van der Waals surface area contributed by atoms with Crippen LogP contribution in [0.4, 0.5) is 23.1 Å². The van der Waals surface area contributed by atoms with Crippen LogP contribution in [0.5, 0.6) is 11.5 Å². The van der Waals surface area contributed by atoms with Crippen molar-refractivity contribution in [1.82, 2.24) is 24.9 Å². The number of rotatable bonds is 1. The minimum Gasteiger partial charge on any atom is -0.454 e. The van der Waals surface area contributed by atoms with Crippen LogP contribution in [0.15, 0.2) is 34.1 Å². The van der Waals surface area contributed by atoms with Crippen molar-refractivity contribution in [2.75, 3.05) is 23.6 Å². The summed E-state index contributed by atoms with van der Waals surface area (Å²) in [4.78, 5) is 42.4. The Morgan fingerprint density at radius 2 is 1.87 bits per heavy atom. The van der Waals surface area contributed by atoms with E-state index in [1.54, 1.807) is 18.2 Å². The Hall–Kier alpha value is -4.61. The van der Waals surface area contributed by atoms with Crippen LogP contribution in [0.25, 0.3) is 11.0 Å². The molecule has 12 heteroatoms. The quantitative estimate of drug-likeness (QED) is 0.257. The minimum atomic E-state index is -0.683. The maximum absolute atomic E-state index is 12.9. The first-order valence-electron chi connectivity index (χ1n) is 9.24. The van der Waals surface area contributed by atoms with Gasteiger partial charge in [0.1, 0.15) is 23.8 Å². The Bertz CT molecular complexity index is 1530. The van der Waals surface area contributed by atoms with Gasteiger partial charge in [0, 0.05) is 11.5 Å². The van der Waals surface area contributed by atoms with Crippen molar-refractivity contribution < 1.29 is 9.47 Å². The van der Waals surface area contributed by atoms with E-state index in [9.17, 15) is 9.59 Å². The number of hydrogen-bond donors (Lipinski definition) is 5. The van der Waals surface area contributed by atoms with E-state index in [0.29, 0.717) is 33.8 Å². The number of aromatic amines is 2. The fourth-order valence-electron chi connectivity index (χ4n) is 4.11. The van der Waals surface area contributed by atoms with Crippen molar-refractivity contribution in [3.63, 3.8) is 0 Å². The summed E-state index contributed by atoms with van der Waals surface area (Å²) in [6.45, 7) is 0.105. The maximum Gasteiger partial charge on any atom is 0.327 e. The number of fused-ring (bicyclic) bond motifs is 4. The number of ether oxygens (including phenoxy) is 2. The zero-order chi connectivity index (χ0) is 21.3. The number of aromatic nitrogens is 5. The topological polar surface area (TPSA) is 187 Å². The van der Waals surface area contributed by atoms with Crippen molar-refractivity contribution in [3.8, 4) is 11.5 Å². The van der Waals surface area contributed by atoms with Crippen LogP contribution in [-0.4, -0.2) is 31.7 Å². The number of pyridine rings is 1. The normalized spacial score (nSPS) is 15.9. The summed E-state index contributed by atoms with van der Waals surface area (Å²) >= 11 is 0.